The number of hydrogen-bond donors (Lipinski definition) is 0. The third kappa shape index (κ3) is 4.89. The lowest BCUT2D eigenvalue weighted by Gasteiger charge is -2.47. The van der Waals surface area contributed by atoms with E-state index in [0.717, 1.165) is 99.4 Å². The van der Waals surface area contributed by atoms with Crippen LogP contribution in [0.4, 0.5) is 0 Å². The molecule has 6 heteroatoms. The summed E-state index contributed by atoms with van der Waals surface area (Å²) >= 11 is 0. The summed E-state index contributed by atoms with van der Waals surface area (Å²) in [6.07, 6.45) is 7.31. The van der Waals surface area contributed by atoms with Gasteiger partial charge in [-0.25, -0.2) is 0 Å². The van der Waals surface area contributed by atoms with Gasteiger partial charge in [-0.15, -0.1) is 0 Å². The zero-order valence-electron chi connectivity index (χ0n) is 31.6. The molecule has 0 saturated heterocycles. The number of rotatable bonds is 4. The zero-order chi connectivity index (χ0) is 39.1. The van der Waals surface area contributed by atoms with Gasteiger partial charge in [-0.1, -0.05) is 103 Å². The van der Waals surface area contributed by atoms with E-state index in [-0.39, 0.29) is 0 Å². The molecule has 5 nitrogen and oxygen atoms in total. The minimum atomic E-state index is -3.45. The predicted octanol–water partition coefficient (Wildman–Crippen LogP) is 11.8. The van der Waals surface area contributed by atoms with Gasteiger partial charge in [0, 0.05) is 62.6 Å². The van der Waals surface area contributed by atoms with Crippen LogP contribution in [0.1, 0.15) is 22.3 Å². The molecule has 278 valence electrons. The summed E-state index contributed by atoms with van der Waals surface area (Å²) in [5.74, 6) is 1.50. The first-order chi connectivity index (χ1) is 29.1. The Bertz CT molecular complexity index is 3290. The number of nitrogens with zero attached hydrogens (tertiary/aromatic N) is 2. The van der Waals surface area contributed by atoms with E-state index in [2.05, 4.69) is 101 Å². The van der Waals surface area contributed by atoms with Crippen LogP contribution in [0.3, 0.4) is 0 Å². The molecule has 7 aromatic carbocycles. The molecule has 10 aromatic rings. The number of para-hydroxylation sites is 2. The minimum Gasteiger partial charge on any atom is -0.457 e. The SMILES string of the molecule is O=P1(c2ccccc2)c2ccccc2C2(c3ccccc3Oc3cc(-c4cc(-c5ccncc5)cc(-c5ccncc5)c4)ccc32)c2cc3c(cc21)oc1ccccc13. The highest BCUT2D eigenvalue weighted by molar-refractivity contribution is 7.85. The summed E-state index contributed by atoms with van der Waals surface area (Å²) < 4.78 is 30.0. The maximum atomic E-state index is 16.4. The summed E-state index contributed by atoms with van der Waals surface area (Å²) in [4.78, 5) is 8.56. The number of hydrogen-bond acceptors (Lipinski definition) is 5. The van der Waals surface area contributed by atoms with Gasteiger partial charge in [-0.05, 0) is 117 Å². The molecule has 2 atom stereocenters. The van der Waals surface area contributed by atoms with Crippen molar-refractivity contribution in [1.29, 1.82) is 0 Å². The fourth-order valence-electron chi connectivity index (χ4n) is 9.60. The molecule has 0 amide bonds. The van der Waals surface area contributed by atoms with Crippen molar-refractivity contribution in [3.63, 3.8) is 0 Å². The van der Waals surface area contributed by atoms with Gasteiger partial charge >= 0.3 is 0 Å². The Morgan fingerprint density at radius 3 is 1.76 bits per heavy atom. The second-order valence-electron chi connectivity index (χ2n) is 15.3. The molecule has 0 N–H and O–H groups in total. The van der Waals surface area contributed by atoms with E-state index in [0.29, 0.717) is 5.58 Å². The van der Waals surface area contributed by atoms with Crippen LogP contribution in [-0.4, -0.2) is 9.97 Å². The molecule has 12 rings (SSSR count). The van der Waals surface area contributed by atoms with Crippen LogP contribution < -0.4 is 20.7 Å². The standard InChI is InChI=1S/C53H33N2O3P/c56-59(40-10-2-1-3-11-40)51-17-9-6-14-45(51)53(46-32-42-41-12-4-7-15-47(41)57-49(42)33-52(46)59)43-13-5-8-16-48(43)58-50-31-36(18-19-44(50)53)39-29-37(34-20-24-54-25-21-34)28-38(30-39)35-22-26-55-27-23-35/h1-33H. The molecule has 1 spiro atoms. The summed E-state index contributed by atoms with van der Waals surface area (Å²) in [6.45, 7) is 0. The maximum Gasteiger partial charge on any atom is 0.171 e. The molecule has 2 aliphatic rings. The molecule has 3 aromatic heterocycles. The van der Waals surface area contributed by atoms with Crippen LogP contribution in [0.25, 0.3) is 55.3 Å². The highest BCUT2D eigenvalue weighted by Gasteiger charge is 2.55. The highest BCUT2D eigenvalue weighted by atomic mass is 31.2. The first kappa shape index (κ1) is 33.8. The topological polar surface area (TPSA) is 65.2 Å². The van der Waals surface area contributed by atoms with Crippen LogP contribution in [-0.2, 0) is 9.98 Å². The first-order valence-corrected chi connectivity index (χ1v) is 21.4. The number of aromatic nitrogens is 2. The smallest absolute Gasteiger partial charge is 0.171 e. The monoisotopic (exact) mass is 776 g/mol. The number of furan rings is 1. The first-order valence-electron chi connectivity index (χ1n) is 19.7. The van der Waals surface area contributed by atoms with Crippen molar-refractivity contribution < 1.29 is 13.7 Å². The summed E-state index contributed by atoms with van der Waals surface area (Å²) in [7, 11) is -3.45. The van der Waals surface area contributed by atoms with E-state index < -0.39 is 12.6 Å². The fraction of sp³-hybridized carbons (Fsp3) is 0.0189. The molecule has 2 unspecified atom stereocenters. The molecule has 5 heterocycles. The van der Waals surface area contributed by atoms with E-state index in [1.807, 2.05) is 110 Å². The zero-order valence-corrected chi connectivity index (χ0v) is 32.5. The van der Waals surface area contributed by atoms with Gasteiger partial charge in [0.1, 0.15) is 22.7 Å². The molecule has 0 radical (unpaired) electrons. The van der Waals surface area contributed by atoms with Gasteiger partial charge < -0.3 is 13.7 Å². The molecule has 59 heavy (non-hydrogen) atoms. The molecule has 0 fully saturated rings. The number of pyridine rings is 2. The summed E-state index contributed by atoms with van der Waals surface area (Å²) in [6, 6.07) is 60.5. The van der Waals surface area contributed by atoms with E-state index in [4.69, 9.17) is 9.15 Å². The second-order valence-corrected chi connectivity index (χ2v) is 18.0. The second kappa shape index (κ2) is 12.8. The minimum absolute atomic E-state index is 0.714. The highest BCUT2D eigenvalue weighted by Crippen LogP contribution is 2.62. The van der Waals surface area contributed by atoms with Crippen molar-refractivity contribution in [3.8, 4) is 44.9 Å². The Morgan fingerprint density at radius 1 is 0.407 bits per heavy atom. The molecule has 0 bridgehead atoms. The third-order valence-corrected chi connectivity index (χ3v) is 15.3. The van der Waals surface area contributed by atoms with Gasteiger partial charge in [0.15, 0.2) is 7.14 Å². The van der Waals surface area contributed by atoms with E-state index >= 15 is 4.57 Å². The Labute approximate surface area is 340 Å². The van der Waals surface area contributed by atoms with E-state index in [1.54, 1.807) is 0 Å². The van der Waals surface area contributed by atoms with E-state index in [9.17, 15) is 0 Å². The van der Waals surface area contributed by atoms with Gasteiger partial charge in [0.05, 0.1) is 5.41 Å². The lowest BCUT2D eigenvalue weighted by Crippen LogP contribution is -2.47. The number of benzene rings is 7. The van der Waals surface area contributed by atoms with Crippen molar-refractivity contribution in [2.45, 2.75) is 5.41 Å². The largest absolute Gasteiger partial charge is 0.457 e. The van der Waals surface area contributed by atoms with Gasteiger partial charge in [-0.3, -0.25) is 9.97 Å². The molecule has 0 aliphatic carbocycles. The Kier molecular flexibility index (Phi) is 7.35. The van der Waals surface area contributed by atoms with Gasteiger partial charge in [0.2, 0.25) is 0 Å². The predicted molar refractivity (Wildman–Crippen MR) is 237 cm³/mol. The lowest BCUT2D eigenvalue weighted by molar-refractivity contribution is 0.435. The van der Waals surface area contributed by atoms with Crippen LogP contribution >= 0.6 is 7.14 Å². The Morgan fingerprint density at radius 2 is 1.02 bits per heavy atom. The summed E-state index contributed by atoms with van der Waals surface area (Å²) in [5, 5.41) is 4.37. The Balaban J connectivity index is 1.17. The van der Waals surface area contributed by atoms with Crippen LogP contribution in [0.2, 0.25) is 0 Å². The quantitative estimate of drug-likeness (QED) is 0.167. The fourth-order valence-corrected chi connectivity index (χ4v) is 12.8. The summed E-state index contributed by atoms with van der Waals surface area (Å²) in [5.41, 5.74) is 10.9. The van der Waals surface area contributed by atoms with Crippen molar-refractivity contribution in [1.82, 2.24) is 9.97 Å². The molecule has 2 aliphatic heterocycles. The Hall–Kier alpha value is -7.33. The normalized spacial score (nSPS) is 17.5. The van der Waals surface area contributed by atoms with Gasteiger partial charge in [0.25, 0.3) is 0 Å². The van der Waals surface area contributed by atoms with Crippen molar-refractivity contribution >= 4 is 45.0 Å². The molecular formula is C53H33N2O3P. The maximum absolute atomic E-state index is 16.4. The van der Waals surface area contributed by atoms with Crippen LogP contribution in [0.5, 0.6) is 11.5 Å². The van der Waals surface area contributed by atoms with Crippen LogP contribution in [0, 0.1) is 0 Å². The number of ether oxygens (including phenoxy) is 1. The average Bonchev–Trinajstić information content (AvgIpc) is 3.68. The molecule has 0 saturated carbocycles. The van der Waals surface area contributed by atoms with Crippen molar-refractivity contribution in [3.05, 3.63) is 223 Å². The lowest BCUT2D eigenvalue weighted by atomic mass is 9.63. The van der Waals surface area contributed by atoms with Gasteiger partial charge in [-0.2, -0.15) is 0 Å². The third-order valence-electron chi connectivity index (χ3n) is 12.2. The molecular weight excluding hydrogens is 744 g/mol. The van der Waals surface area contributed by atoms with Crippen LogP contribution in [0.15, 0.2) is 205 Å². The van der Waals surface area contributed by atoms with E-state index in [1.165, 1.54) is 0 Å². The van der Waals surface area contributed by atoms with Crippen molar-refractivity contribution in [2.24, 2.45) is 0 Å². The average molecular weight is 777 g/mol. The van der Waals surface area contributed by atoms with Crippen molar-refractivity contribution in [2.75, 3.05) is 0 Å². The number of fused-ring (bicyclic) bond motifs is 11.